The molecule has 2 aliphatic heterocycles. The highest BCUT2D eigenvalue weighted by atomic mass is 16.5. The van der Waals surface area contributed by atoms with Gasteiger partial charge < -0.3 is 14.8 Å². The summed E-state index contributed by atoms with van der Waals surface area (Å²) in [4.78, 5) is 0. The molecule has 0 radical (unpaired) electrons. The standard InChI is InChI=1S/C12H21NO2/c1-2-6-13-11-3-7-15-12(10-11)4-8-14-9-5-12/h2,11,13H,1,3-10H2. The summed E-state index contributed by atoms with van der Waals surface area (Å²) in [7, 11) is 0. The molecule has 86 valence electrons. The smallest absolute Gasteiger partial charge is 0.0741 e. The lowest BCUT2D eigenvalue weighted by molar-refractivity contribution is -0.140. The summed E-state index contributed by atoms with van der Waals surface area (Å²) in [5.41, 5.74) is 0.106. The Balaban J connectivity index is 1.87. The highest BCUT2D eigenvalue weighted by molar-refractivity contribution is 4.92. The summed E-state index contributed by atoms with van der Waals surface area (Å²) in [6.45, 7) is 7.23. The highest BCUT2D eigenvalue weighted by Crippen LogP contribution is 2.34. The Labute approximate surface area is 91.8 Å². The van der Waals surface area contributed by atoms with E-state index in [9.17, 15) is 0 Å². The molecule has 1 unspecified atom stereocenters. The normalized spacial score (nSPS) is 30.3. The van der Waals surface area contributed by atoms with E-state index >= 15 is 0 Å². The molecule has 15 heavy (non-hydrogen) atoms. The maximum absolute atomic E-state index is 5.97. The largest absolute Gasteiger partial charge is 0.381 e. The Morgan fingerprint density at radius 2 is 2.13 bits per heavy atom. The fraction of sp³-hybridized carbons (Fsp3) is 0.833. The Morgan fingerprint density at radius 1 is 1.33 bits per heavy atom. The Hall–Kier alpha value is -0.380. The van der Waals surface area contributed by atoms with Crippen molar-refractivity contribution in [3.63, 3.8) is 0 Å². The van der Waals surface area contributed by atoms with Crippen LogP contribution in [0.3, 0.4) is 0 Å². The van der Waals surface area contributed by atoms with Crippen molar-refractivity contribution in [2.24, 2.45) is 0 Å². The molecule has 2 saturated heterocycles. The van der Waals surface area contributed by atoms with Crippen LogP contribution < -0.4 is 5.32 Å². The van der Waals surface area contributed by atoms with E-state index < -0.39 is 0 Å². The first-order valence-electron chi connectivity index (χ1n) is 5.91. The fourth-order valence-corrected chi connectivity index (χ4v) is 2.54. The van der Waals surface area contributed by atoms with Gasteiger partial charge in [-0.05, 0) is 25.7 Å². The van der Waals surface area contributed by atoms with Crippen LogP contribution in [0, 0.1) is 0 Å². The van der Waals surface area contributed by atoms with Crippen LogP contribution in [0.1, 0.15) is 25.7 Å². The molecular formula is C12H21NO2. The van der Waals surface area contributed by atoms with Gasteiger partial charge in [-0.2, -0.15) is 0 Å². The molecule has 1 spiro atoms. The number of ether oxygens (including phenoxy) is 2. The zero-order valence-electron chi connectivity index (χ0n) is 9.34. The predicted octanol–water partition coefficient (Wildman–Crippen LogP) is 1.49. The number of nitrogens with one attached hydrogen (secondary N) is 1. The second-order valence-corrected chi connectivity index (χ2v) is 4.53. The minimum atomic E-state index is 0.106. The fourth-order valence-electron chi connectivity index (χ4n) is 2.54. The second-order valence-electron chi connectivity index (χ2n) is 4.53. The van der Waals surface area contributed by atoms with Gasteiger partial charge in [0.05, 0.1) is 5.60 Å². The van der Waals surface area contributed by atoms with E-state index in [2.05, 4.69) is 11.9 Å². The van der Waals surface area contributed by atoms with Gasteiger partial charge in [-0.25, -0.2) is 0 Å². The molecule has 3 nitrogen and oxygen atoms in total. The Kier molecular flexibility index (Phi) is 3.78. The SMILES string of the molecule is C=CCNC1CCOC2(CCOCC2)C1. The maximum Gasteiger partial charge on any atom is 0.0741 e. The second kappa shape index (κ2) is 5.10. The van der Waals surface area contributed by atoms with Gasteiger partial charge in [0, 0.05) is 32.4 Å². The molecule has 0 amide bonds. The number of hydrogen-bond donors (Lipinski definition) is 1. The summed E-state index contributed by atoms with van der Waals surface area (Å²) in [6.07, 6.45) is 6.28. The zero-order valence-corrected chi connectivity index (χ0v) is 9.34. The minimum Gasteiger partial charge on any atom is -0.381 e. The van der Waals surface area contributed by atoms with Crippen LogP contribution in [0.4, 0.5) is 0 Å². The molecule has 2 aliphatic rings. The van der Waals surface area contributed by atoms with E-state index in [1.54, 1.807) is 0 Å². The summed E-state index contributed by atoms with van der Waals surface area (Å²) in [5, 5.41) is 3.50. The molecule has 0 aromatic rings. The van der Waals surface area contributed by atoms with Gasteiger partial charge >= 0.3 is 0 Å². The van der Waals surface area contributed by atoms with Crippen molar-refractivity contribution >= 4 is 0 Å². The first-order valence-corrected chi connectivity index (χ1v) is 5.91. The molecule has 2 rings (SSSR count). The molecule has 0 saturated carbocycles. The highest BCUT2D eigenvalue weighted by Gasteiger charge is 2.38. The summed E-state index contributed by atoms with van der Waals surface area (Å²) >= 11 is 0. The van der Waals surface area contributed by atoms with Crippen molar-refractivity contribution in [3.05, 3.63) is 12.7 Å². The van der Waals surface area contributed by atoms with Gasteiger partial charge in [0.25, 0.3) is 0 Å². The van der Waals surface area contributed by atoms with Crippen LogP contribution in [0.2, 0.25) is 0 Å². The lowest BCUT2D eigenvalue weighted by Gasteiger charge is -2.43. The van der Waals surface area contributed by atoms with Gasteiger partial charge in [0.1, 0.15) is 0 Å². The first kappa shape index (κ1) is 11.1. The number of hydrogen-bond acceptors (Lipinski definition) is 3. The Bertz CT molecular complexity index is 206. The Morgan fingerprint density at radius 3 is 2.87 bits per heavy atom. The molecular weight excluding hydrogens is 190 g/mol. The number of rotatable bonds is 3. The van der Waals surface area contributed by atoms with Crippen molar-refractivity contribution in [1.82, 2.24) is 5.32 Å². The lowest BCUT2D eigenvalue weighted by atomic mass is 9.84. The topological polar surface area (TPSA) is 30.5 Å². The van der Waals surface area contributed by atoms with Gasteiger partial charge in [0.2, 0.25) is 0 Å². The third kappa shape index (κ3) is 2.80. The minimum absolute atomic E-state index is 0.106. The van der Waals surface area contributed by atoms with Crippen LogP contribution in [-0.4, -0.2) is 38.0 Å². The van der Waals surface area contributed by atoms with Crippen LogP contribution in [0.25, 0.3) is 0 Å². The van der Waals surface area contributed by atoms with Gasteiger partial charge in [-0.15, -0.1) is 6.58 Å². The molecule has 0 aromatic carbocycles. The van der Waals surface area contributed by atoms with Gasteiger partial charge in [0.15, 0.2) is 0 Å². The van der Waals surface area contributed by atoms with E-state index in [1.165, 1.54) is 0 Å². The average Bonchev–Trinajstić information content (AvgIpc) is 2.28. The molecule has 0 bridgehead atoms. The summed E-state index contributed by atoms with van der Waals surface area (Å²) < 4.78 is 11.4. The van der Waals surface area contributed by atoms with E-state index in [1.807, 2.05) is 6.08 Å². The quantitative estimate of drug-likeness (QED) is 0.717. The van der Waals surface area contributed by atoms with Crippen LogP contribution >= 0.6 is 0 Å². The van der Waals surface area contributed by atoms with Crippen molar-refractivity contribution in [2.45, 2.75) is 37.3 Å². The molecule has 2 fully saturated rings. The van der Waals surface area contributed by atoms with Gasteiger partial charge in [-0.3, -0.25) is 0 Å². The third-order valence-electron chi connectivity index (χ3n) is 3.45. The molecule has 1 N–H and O–H groups in total. The molecule has 0 aliphatic carbocycles. The van der Waals surface area contributed by atoms with Crippen molar-refractivity contribution in [2.75, 3.05) is 26.4 Å². The maximum atomic E-state index is 5.97. The van der Waals surface area contributed by atoms with Crippen molar-refractivity contribution in [3.8, 4) is 0 Å². The predicted molar refractivity (Wildman–Crippen MR) is 60.0 cm³/mol. The lowest BCUT2D eigenvalue weighted by Crippen LogP contribution is -2.49. The van der Waals surface area contributed by atoms with Crippen LogP contribution in [0.15, 0.2) is 12.7 Å². The van der Waals surface area contributed by atoms with Crippen molar-refractivity contribution < 1.29 is 9.47 Å². The monoisotopic (exact) mass is 211 g/mol. The third-order valence-corrected chi connectivity index (χ3v) is 3.45. The van der Waals surface area contributed by atoms with E-state index in [-0.39, 0.29) is 5.60 Å². The molecule has 1 atom stereocenters. The molecule has 3 heteroatoms. The van der Waals surface area contributed by atoms with E-state index in [0.717, 1.165) is 52.0 Å². The van der Waals surface area contributed by atoms with Crippen LogP contribution in [0.5, 0.6) is 0 Å². The molecule has 0 aromatic heterocycles. The van der Waals surface area contributed by atoms with Gasteiger partial charge in [-0.1, -0.05) is 6.08 Å². The average molecular weight is 211 g/mol. The summed E-state index contributed by atoms with van der Waals surface area (Å²) in [6, 6.07) is 0.592. The van der Waals surface area contributed by atoms with E-state index in [4.69, 9.17) is 9.47 Å². The van der Waals surface area contributed by atoms with E-state index in [0.29, 0.717) is 6.04 Å². The zero-order chi connectivity index (χ0) is 10.6. The van der Waals surface area contributed by atoms with Crippen molar-refractivity contribution in [1.29, 1.82) is 0 Å². The molecule has 2 heterocycles. The van der Waals surface area contributed by atoms with Crippen LogP contribution in [-0.2, 0) is 9.47 Å². The summed E-state index contributed by atoms with van der Waals surface area (Å²) in [5.74, 6) is 0. The first-order chi connectivity index (χ1) is 7.35.